The van der Waals surface area contributed by atoms with E-state index >= 15 is 0 Å². The van der Waals surface area contributed by atoms with E-state index in [4.69, 9.17) is 0 Å². The number of likely N-dealkylation sites (tertiary alicyclic amines) is 1. The second-order valence-corrected chi connectivity index (χ2v) is 4.21. The predicted octanol–water partition coefficient (Wildman–Crippen LogP) is 0.118. The summed E-state index contributed by atoms with van der Waals surface area (Å²) in [6.07, 6.45) is 3.20. The Morgan fingerprint density at radius 2 is 2.13 bits per heavy atom. The van der Waals surface area contributed by atoms with Gasteiger partial charge in [0.25, 0.3) is 0 Å². The van der Waals surface area contributed by atoms with E-state index in [0.717, 1.165) is 38.2 Å². The summed E-state index contributed by atoms with van der Waals surface area (Å²) in [4.78, 5) is 2.35. The van der Waals surface area contributed by atoms with Crippen LogP contribution in [0.3, 0.4) is 0 Å². The van der Waals surface area contributed by atoms with Crippen LogP contribution in [0.4, 0.5) is 0 Å². The average molecular weight is 210 g/mol. The third kappa shape index (κ3) is 1.89. The van der Waals surface area contributed by atoms with E-state index in [1.165, 1.54) is 0 Å². The Kier molecular flexibility index (Phi) is 2.75. The minimum Gasteiger partial charge on any atom is -0.383 e. The average Bonchev–Trinajstić information content (AvgIpc) is 2.66. The molecule has 1 N–H and O–H groups in total. The second kappa shape index (κ2) is 3.90. The fourth-order valence-corrected chi connectivity index (χ4v) is 2.21. The molecule has 0 atom stereocenters. The highest BCUT2D eigenvalue weighted by Gasteiger charge is 2.36. The lowest BCUT2D eigenvalue weighted by Gasteiger charge is -2.37. The molecule has 0 saturated carbocycles. The fourth-order valence-electron chi connectivity index (χ4n) is 2.21. The number of aryl methyl sites for hydroxylation is 1. The number of piperidine rings is 1. The number of nitrogens with zero attached hydrogens (tertiary/aromatic N) is 4. The summed E-state index contributed by atoms with van der Waals surface area (Å²) in [6, 6.07) is 0. The Hall–Kier alpha value is -0.940. The topological polar surface area (TPSA) is 54.2 Å². The van der Waals surface area contributed by atoms with Gasteiger partial charge in [-0.2, -0.15) is 0 Å². The molecule has 1 aromatic rings. The number of aliphatic hydroxyl groups is 1. The van der Waals surface area contributed by atoms with E-state index < -0.39 is 5.60 Å². The lowest BCUT2D eigenvalue weighted by Crippen LogP contribution is -2.43. The van der Waals surface area contributed by atoms with Crippen molar-refractivity contribution in [2.24, 2.45) is 7.05 Å². The van der Waals surface area contributed by atoms with Crippen LogP contribution in [0.2, 0.25) is 0 Å². The predicted molar refractivity (Wildman–Crippen MR) is 56.2 cm³/mol. The summed E-state index contributed by atoms with van der Waals surface area (Å²) < 4.78 is 1.67. The lowest BCUT2D eigenvalue weighted by molar-refractivity contribution is -0.0309. The van der Waals surface area contributed by atoms with Gasteiger partial charge < -0.3 is 10.0 Å². The van der Waals surface area contributed by atoms with E-state index in [1.54, 1.807) is 10.9 Å². The summed E-state index contributed by atoms with van der Waals surface area (Å²) in [5.41, 5.74) is 0.0995. The summed E-state index contributed by atoms with van der Waals surface area (Å²) in [6.45, 7) is 5.09. The first-order chi connectivity index (χ1) is 7.15. The zero-order valence-corrected chi connectivity index (χ0v) is 9.35. The molecule has 1 fully saturated rings. The maximum absolute atomic E-state index is 10.5. The minimum absolute atomic E-state index is 0.732. The van der Waals surface area contributed by atoms with Crippen LogP contribution in [0.15, 0.2) is 6.20 Å². The molecule has 0 aliphatic carbocycles. The zero-order valence-electron chi connectivity index (χ0n) is 9.35. The van der Waals surface area contributed by atoms with Gasteiger partial charge >= 0.3 is 0 Å². The highest BCUT2D eigenvalue weighted by atomic mass is 16.3. The van der Waals surface area contributed by atoms with Crippen molar-refractivity contribution in [2.75, 3.05) is 19.6 Å². The zero-order chi connectivity index (χ0) is 10.9. The quantitative estimate of drug-likeness (QED) is 0.753. The molecule has 0 radical (unpaired) electrons. The van der Waals surface area contributed by atoms with Crippen molar-refractivity contribution in [3.8, 4) is 0 Å². The Bertz CT molecular complexity index is 328. The summed E-state index contributed by atoms with van der Waals surface area (Å²) >= 11 is 0. The van der Waals surface area contributed by atoms with Gasteiger partial charge in [-0.25, -0.2) is 4.68 Å². The summed E-state index contributed by atoms with van der Waals surface area (Å²) in [5.74, 6) is 0. The van der Waals surface area contributed by atoms with Gasteiger partial charge in [-0.15, -0.1) is 5.10 Å². The SMILES string of the molecule is CCN1CCC(O)(c2cnnn2C)CC1. The van der Waals surface area contributed by atoms with Crippen molar-refractivity contribution < 1.29 is 5.11 Å². The molecular weight excluding hydrogens is 192 g/mol. The van der Waals surface area contributed by atoms with Gasteiger partial charge in [0.05, 0.1) is 11.9 Å². The molecular formula is C10H18N4O. The van der Waals surface area contributed by atoms with E-state index in [9.17, 15) is 5.11 Å². The first-order valence-corrected chi connectivity index (χ1v) is 5.45. The van der Waals surface area contributed by atoms with Gasteiger partial charge in [0.2, 0.25) is 0 Å². The van der Waals surface area contributed by atoms with Crippen molar-refractivity contribution >= 4 is 0 Å². The monoisotopic (exact) mass is 210 g/mol. The van der Waals surface area contributed by atoms with Gasteiger partial charge in [-0.05, 0) is 19.4 Å². The van der Waals surface area contributed by atoms with E-state index in [1.807, 2.05) is 7.05 Å². The van der Waals surface area contributed by atoms with Crippen LogP contribution in [-0.4, -0.2) is 44.6 Å². The smallest absolute Gasteiger partial charge is 0.110 e. The fraction of sp³-hybridized carbons (Fsp3) is 0.800. The van der Waals surface area contributed by atoms with E-state index in [2.05, 4.69) is 22.1 Å². The number of hydrogen-bond acceptors (Lipinski definition) is 4. The molecule has 1 aliphatic rings. The Morgan fingerprint density at radius 3 is 2.60 bits per heavy atom. The molecule has 5 nitrogen and oxygen atoms in total. The molecule has 0 amide bonds. The van der Waals surface area contributed by atoms with Gasteiger partial charge in [0.1, 0.15) is 5.60 Å². The Labute approximate surface area is 89.7 Å². The normalized spacial score (nSPS) is 21.8. The maximum atomic E-state index is 10.5. The third-order valence-electron chi connectivity index (χ3n) is 3.32. The van der Waals surface area contributed by atoms with Crippen molar-refractivity contribution in [2.45, 2.75) is 25.4 Å². The standard InChI is InChI=1S/C10H18N4O/c1-3-14-6-4-10(15,5-7-14)9-8-11-12-13(9)2/h8,15H,3-7H2,1-2H3. The minimum atomic E-state index is -0.732. The van der Waals surface area contributed by atoms with E-state index in [-0.39, 0.29) is 0 Å². The van der Waals surface area contributed by atoms with Gasteiger partial charge in [-0.3, -0.25) is 0 Å². The molecule has 0 bridgehead atoms. The van der Waals surface area contributed by atoms with E-state index in [0.29, 0.717) is 0 Å². The highest BCUT2D eigenvalue weighted by molar-refractivity contribution is 5.09. The molecule has 1 aliphatic heterocycles. The van der Waals surface area contributed by atoms with Crippen LogP contribution in [-0.2, 0) is 12.6 Å². The second-order valence-electron chi connectivity index (χ2n) is 4.21. The van der Waals surface area contributed by atoms with Gasteiger partial charge in [-0.1, -0.05) is 12.1 Å². The number of hydrogen-bond donors (Lipinski definition) is 1. The molecule has 0 unspecified atom stereocenters. The first-order valence-electron chi connectivity index (χ1n) is 5.45. The molecule has 84 valence electrons. The van der Waals surface area contributed by atoms with Crippen LogP contribution < -0.4 is 0 Å². The number of aromatic nitrogens is 3. The van der Waals surface area contributed by atoms with Crippen molar-refractivity contribution in [1.82, 2.24) is 19.9 Å². The van der Waals surface area contributed by atoms with Crippen molar-refractivity contribution in [3.05, 3.63) is 11.9 Å². The van der Waals surface area contributed by atoms with Crippen LogP contribution in [0.5, 0.6) is 0 Å². The number of rotatable bonds is 2. The third-order valence-corrected chi connectivity index (χ3v) is 3.32. The van der Waals surface area contributed by atoms with Crippen molar-refractivity contribution in [3.63, 3.8) is 0 Å². The molecule has 2 rings (SSSR count). The molecule has 1 saturated heterocycles. The van der Waals surface area contributed by atoms with Crippen LogP contribution in [0.25, 0.3) is 0 Å². The van der Waals surface area contributed by atoms with Gasteiger partial charge in [0.15, 0.2) is 0 Å². The molecule has 5 heteroatoms. The molecule has 1 aromatic heterocycles. The Balaban J connectivity index is 2.13. The summed E-state index contributed by atoms with van der Waals surface area (Å²) in [5, 5.41) is 18.2. The lowest BCUT2D eigenvalue weighted by atomic mass is 9.88. The molecule has 2 heterocycles. The maximum Gasteiger partial charge on any atom is 0.110 e. The molecule has 0 aromatic carbocycles. The van der Waals surface area contributed by atoms with Crippen molar-refractivity contribution in [1.29, 1.82) is 0 Å². The molecule has 0 spiro atoms. The summed E-state index contributed by atoms with van der Waals surface area (Å²) in [7, 11) is 1.83. The molecule has 15 heavy (non-hydrogen) atoms. The van der Waals surface area contributed by atoms with Crippen LogP contribution in [0, 0.1) is 0 Å². The van der Waals surface area contributed by atoms with Gasteiger partial charge in [0, 0.05) is 20.1 Å². The largest absolute Gasteiger partial charge is 0.383 e. The first kappa shape index (κ1) is 10.6. The van der Waals surface area contributed by atoms with Crippen LogP contribution >= 0.6 is 0 Å². The van der Waals surface area contributed by atoms with Crippen LogP contribution in [0.1, 0.15) is 25.5 Å². The Morgan fingerprint density at radius 1 is 1.47 bits per heavy atom. The highest BCUT2D eigenvalue weighted by Crippen LogP contribution is 2.31.